The lowest BCUT2D eigenvalue weighted by Gasteiger charge is -2.27. The topological polar surface area (TPSA) is 28.4 Å². The van der Waals surface area contributed by atoms with Crippen molar-refractivity contribution in [2.24, 2.45) is 5.92 Å². The van der Waals surface area contributed by atoms with Gasteiger partial charge in [-0.2, -0.15) is 0 Å². The Morgan fingerprint density at radius 2 is 2.21 bits per heavy atom. The second kappa shape index (κ2) is 5.68. The van der Waals surface area contributed by atoms with E-state index in [2.05, 4.69) is 30.1 Å². The molecule has 0 amide bonds. The van der Waals surface area contributed by atoms with E-state index in [0.29, 0.717) is 0 Å². The van der Waals surface area contributed by atoms with Gasteiger partial charge in [0.25, 0.3) is 0 Å². The maximum atomic E-state index is 5.66. The van der Waals surface area contributed by atoms with Gasteiger partial charge in [-0.15, -0.1) is 0 Å². The third-order valence-electron chi connectivity index (χ3n) is 4.52. The summed E-state index contributed by atoms with van der Waals surface area (Å²) in [5.74, 6) is 1.89. The first-order valence-corrected chi connectivity index (χ1v) is 7.76. The Morgan fingerprint density at radius 1 is 1.37 bits per heavy atom. The second-order valence-electron chi connectivity index (χ2n) is 6.45. The molecule has 0 aromatic carbocycles. The van der Waals surface area contributed by atoms with E-state index in [1.54, 1.807) is 0 Å². The Balaban J connectivity index is 1.60. The van der Waals surface area contributed by atoms with Gasteiger partial charge in [0.05, 0.1) is 12.8 Å². The van der Waals surface area contributed by atoms with Gasteiger partial charge in [0.1, 0.15) is 5.76 Å². The summed E-state index contributed by atoms with van der Waals surface area (Å²) in [6, 6.07) is 3.65. The smallest absolute Gasteiger partial charge is 0.122 e. The molecule has 3 heteroatoms. The van der Waals surface area contributed by atoms with Crippen molar-refractivity contribution in [2.75, 3.05) is 6.54 Å². The van der Waals surface area contributed by atoms with Gasteiger partial charge in [0, 0.05) is 24.2 Å². The number of hydrogen-bond donors (Lipinski definition) is 1. The summed E-state index contributed by atoms with van der Waals surface area (Å²) < 4.78 is 5.66. The summed E-state index contributed by atoms with van der Waals surface area (Å²) in [6.07, 6.45) is 7.20. The highest BCUT2D eigenvalue weighted by atomic mass is 16.3. The largest absolute Gasteiger partial charge is 0.468 e. The lowest BCUT2D eigenvalue weighted by molar-refractivity contribution is 0.197. The van der Waals surface area contributed by atoms with Gasteiger partial charge in [-0.25, -0.2) is 0 Å². The Labute approximate surface area is 116 Å². The summed E-state index contributed by atoms with van der Waals surface area (Å²) in [7, 11) is 0. The second-order valence-corrected chi connectivity index (χ2v) is 6.45. The predicted molar refractivity (Wildman–Crippen MR) is 76.8 cm³/mol. The maximum Gasteiger partial charge on any atom is 0.122 e. The molecule has 2 aliphatic rings. The van der Waals surface area contributed by atoms with Gasteiger partial charge in [-0.3, -0.25) is 4.90 Å². The zero-order chi connectivity index (χ0) is 13.2. The predicted octanol–water partition coefficient (Wildman–Crippen LogP) is 3.15. The fraction of sp³-hybridized carbons (Fsp3) is 0.750. The summed E-state index contributed by atoms with van der Waals surface area (Å²) in [5.41, 5.74) is 1.38. The molecule has 1 N–H and O–H groups in total. The van der Waals surface area contributed by atoms with Crippen LogP contribution < -0.4 is 5.32 Å². The number of likely N-dealkylation sites (tertiary alicyclic amines) is 1. The molecular formula is C16H26N2O. The minimum absolute atomic E-state index is 0.744. The van der Waals surface area contributed by atoms with Crippen molar-refractivity contribution in [1.29, 1.82) is 0 Å². The van der Waals surface area contributed by atoms with E-state index in [-0.39, 0.29) is 0 Å². The molecule has 1 saturated heterocycles. The molecule has 1 unspecified atom stereocenters. The quantitative estimate of drug-likeness (QED) is 0.853. The van der Waals surface area contributed by atoms with Gasteiger partial charge in [0.2, 0.25) is 0 Å². The van der Waals surface area contributed by atoms with Gasteiger partial charge < -0.3 is 9.73 Å². The van der Waals surface area contributed by atoms with Crippen LogP contribution in [-0.2, 0) is 13.1 Å². The van der Waals surface area contributed by atoms with Gasteiger partial charge in [-0.1, -0.05) is 13.8 Å². The first-order valence-electron chi connectivity index (χ1n) is 7.76. The molecule has 2 heterocycles. The van der Waals surface area contributed by atoms with Crippen LogP contribution >= 0.6 is 0 Å². The summed E-state index contributed by atoms with van der Waals surface area (Å²) >= 11 is 0. The van der Waals surface area contributed by atoms with Crippen LogP contribution in [0.3, 0.4) is 0 Å². The van der Waals surface area contributed by atoms with Gasteiger partial charge >= 0.3 is 0 Å². The van der Waals surface area contributed by atoms with Crippen molar-refractivity contribution in [1.82, 2.24) is 10.2 Å². The maximum absolute atomic E-state index is 5.66. The number of hydrogen-bond acceptors (Lipinski definition) is 3. The van der Waals surface area contributed by atoms with Crippen molar-refractivity contribution in [3.05, 3.63) is 23.7 Å². The van der Waals surface area contributed by atoms with Crippen molar-refractivity contribution >= 4 is 0 Å². The van der Waals surface area contributed by atoms with Crippen LogP contribution in [0.15, 0.2) is 16.7 Å². The van der Waals surface area contributed by atoms with E-state index in [1.165, 1.54) is 37.8 Å². The van der Waals surface area contributed by atoms with Gasteiger partial charge in [-0.05, 0) is 44.2 Å². The van der Waals surface area contributed by atoms with E-state index in [1.807, 2.05) is 6.26 Å². The molecule has 2 fully saturated rings. The third kappa shape index (κ3) is 3.21. The molecule has 0 bridgehead atoms. The van der Waals surface area contributed by atoms with E-state index in [4.69, 9.17) is 4.42 Å². The molecule has 3 nitrogen and oxygen atoms in total. The number of furan rings is 1. The SMILES string of the molecule is CC(C)C1CCCN1Cc1ccoc1CNC1CC1. The van der Waals surface area contributed by atoms with Crippen LogP contribution in [0.25, 0.3) is 0 Å². The lowest BCUT2D eigenvalue weighted by Crippen LogP contribution is -2.33. The molecule has 19 heavy (non-hydrogen) atoms. The highest BCUT2D eigenvalue weighted by Gasteiger charge is 2.28. The van der Waals surface area contributed by atoms with E-state index >= 15 is 0 Å². The van der Waals surface area contributed by atoms with Crippen LogP contribution in [-0.4, -0.2) is 23.5 Å². The summed E-state index contributed by atoms with van der Waals surface area (Å²) in [4.78, 5) is 2.64. The fourth-order valence-electron chi connectivity index (χ4n) is 3.21. The molecule has 1 aromatic heterocycles. The highest BCUT2D eigenvalue weighted by molar-refractivity contribution is 5.17. The van der Waals surface area contributed by atoms with Crippen molar-refractivity contribution in [3.8, 4) is 0 Å². The van der Waals surface area contributed by atoms with Crippen molar-refractivity contribution in [2.45, 2.75) is 64.7 Å². The Morgan fingerprint density at radius 3 is 2.95 bits per heavy atom. The molecule has 1 atom stereocenters. The number of rotatable bonds is 6. The summed E-state index contributed by atoms with van der Waals surface area (Å²) in [5, 5.41) is 3.55. The van der Waals surface area contributed by atoms with Crippen LogP contribution in [0.2, 0.25) is 0 Å². The Bertz CT molecular complexity index is 409. The standard InChI is InChI=1S/C16H26N2O/c1-12(2)15-4-3-8-18(15)11-13-7-9-19-16(13)10-17-14-5-6-14/h7,9,12,14-15,17H,3-6,8,10-11H2,1-2H3. The minimum Gasteiger partial charge on any atom is -0.468 e. The molecule has 1 saturated carbocycles. The van der Waals surface area contributed by atoms with Crippen molar-refractivity contribution in [3.63, 3.8) is 0 Å². The fourth-order valence-corrected chi connectivity index (χ4v) is 3.21. The first kappa shape index (κ1) is 13.2. The number of nitrogens with one attached hydrogen (secondary N) is 1. The molecule has 1 aromatic rings. The molecular weight excluding hydrogens is 236 g/mol. The minimum atomic E-state index is 0.744. The molecule has 0 radical (unpaired) electrons. The van der Waals surface area contributed by atoms with Crippen molar-refractivity contribution < 1.29 is 4.42 Å². The summed E-state index contributed by atoms with van der Waals surface area (Å²) in [6.45, 7) is 7.87. The van der Waals surface area contributed by atoms with Crippen LogP contribution in [0.4, 0.5) is 0 Å². The highest BCUT2D eigenvalue weighted by Crippen LogP contribution is 2.27. The van der Waals surface area contributed by atoms with Crippen LogP contribution in [0, 0.1) is 5.92 Å². The zero-order valence-corrected chi connectivity index (χ0v) is 12.2. The average molecular weight is 262 g/mol. The molecule has 106 valence electrons. The zero-order valence-electron chi connectivity index (χ0n) is 12.2. The monoisotopic (exact) mass is 262 g/mol. The van der Waals surface area contributed by atoms with E-state index in [0.717, 1.165) is 36.9 Å². The Hall–Kier alpha value is -0.800. The molecule has 0 spiro atoms. The average Bonchev–Trinajstić information content (AvgIpc) is 2.92. The Kier molecular flexibility index (Phi) is 3.94. The lowest BCUT2D eigenvalue weighted by atomic mass is 10.0. The molecule has 1 aliphatic carbocycles. The number of nitrogens with zero attached hydrogens (tertiary/aromatic N) is 1. The first-order chi connectivity index (χ1) is 9.24. The normalized spacial score (nSPS) is 24.5. The molecule has 1 aliphatic heterocycles. The van der Waals surface area contributed by atoms with Crippen LogP contribution in [0.5, 0.6) is 0 Å². The molecule has 3 rings (SSSR count). The van der Waals surface area contributed by atoms with E-state index < -0.39 is 0 Å². The third-order valence-corrected chi connectivity index (χ3v) is 4.52. The van der Waals surface area contributed by atoms with Gasteiger partial charge in [0.15, 0.2) is 0 Å². The van der Waals surface area contributed by atoms with Crippen LogP contribution in [0.1, 0.15) is 50.9 Å². The van der Waals surface area contributed by atoms with E-state index in [9.17, 15) is 0 Å².